The molecule has 0 spiro atoms. The number of nitrogens with zero attached hydrogens (tertiary/aromatic N) is 1. The van der Waals surface area contributed by atoms with Gasteiger partial charge in [-0.15, -0.1) is 0 Å². The normalized spacial score (nSPS) is 16.1. The van der Waals surface area contributed by atoms with Gasteiger partial charge in [-0.05, 0) is 165 Å². The summed E-state index contributed by atoms with van der Waals surface area (Å²) in [5, 5.41) is 14.6. The Labute approximate surface area is 470 Å². The summed E-state index contributed by atoms with van der Waals surface area (Å²) in [6, 6.07) is 18.0. The highest BCUT2D eigenvalue weighted by Crippen LogP contribution is 2.41. The van der Waals surface area contributed by atoms with Gasteiger partial charge in [0.2, 0.25) is 17.7 Å². The lowest BCUT2D eigenvalue weighted by atomic mass is 9.92. The van der Waals surface area contributed by atoms with Crippen molar-refractivity contribution < 1.29 is 66.5 Å². The first-order valence-corrected chi connectivity index (χ1v) is 26.5. The van der Waals surface area contributed by atoms with Crippen molar-refractivity contribution in [3.05, 3.63) is 112 Å². The van der Waals surface area contributed by atoms with E-state index in [2.05, 4.69) is 26.6 Å². The molecule has 4 bridgehead atoms. The molecule has 21 heteroatoms. The van der Waals surface area contributed by atoms with Crippen molar-refractivity contribution in [2.75, 3.05) is 20.7 Å². The Morgan fingerprint density at radius 1 is 0.738 bits per heavy atom. The summed E-state index contributed by atoms with van der Waals surface area (Å²) >= 11 is 6.12. The molecule has 20 nitrogen and oxygen atoms in total. The van der Waals surface area contributed by atoms with Crippen molar-refractivity contribution >= 4 is 70.5 Å². The van der Waals surface area contributed by atoms with E-state index in [1.54, 1.807) is 129 Å². The molecule has 5 N–H and O–H groups in total. The number of carbonyl (C=O) groups is 8. The van der Waals surface area contributed by atoms with Gasteiger partial charge in [0.25, 0.3) is 5.91 Å². The molecular formula is C59H71ClN6O14. The van der Waals surface area contributed by atoms with Gasteiger partial charge in [0.15, 0.2) is 0 Å². The second kappa shape index (κ2) is 25.8. The maximum absolute atomic E-state index is 15.3. The molecule has 6 rings (SSSR count). The van der Waals surface area contributed by atoms with E-state index in [-0.39, 0.29) is 65.3 Å². The summed E-state index contributed by atoms with van der Waals surface area (Å²) < 4.78 is 33.8. The maximum Gasteiger partial charge on any atom is 0.514 e. The zero-order chi connectivity index (χ0) is 58.9. The van der Waals surface area contributed by atoms with Gasteiger partial charge in [-0.25, -0.2) is 19.2 Å². The van der Waals surface area contributed by atoms with Gasteiger partial charge in [-0.3, -0.25) is 19.2 Å². The van der Waals surface area contributed by atoms with E-state index in [4.69, 9.17) is 39.7 Å². The molecule has 1 aliphatic heterocycles. The topological polar surface area (TPSA) is 259 Å². The summed E-state index contributed by atoms with van der Waals surface area (Å²) in [4.78, 5) is 112. The van der Waals surface area contributed by atoms with Crippen molar-refractivity contribution in [3.8, 4) is 28.0 Å². The van der Waals surface area contributed by atoms with E-state index in [1.807, 2.05) is 12.1 Å². The van der Waals surface area contributed by atoms with Crippen molar-refractivity contribution in [2.45, 2.75) is 142 Å². The molecule has 4 aromatic carbocycles. The van der Waals surface area contributed by atoms with Gasteiger partial charge >= 0.3 is 24.3 Å². The first-order valence-electron chi connectivity index (χ1n) is 26.1. The van der Waals surface area contributed by atoms with E-state index in [9.17, 15) is 28.8 Å². The number of likely N-dealkylation sites (N-methyl/N-ethyl adjacent to an activating group) is 1. The number of ether oxygens (including phenoxy) is 5. The third kappa shape index (κ3) is 17.2. The van der Waals surface area contributed by atoms with Crippen molar-refractivity contribution in [1.29, 1.82) is 0 Å². The third-order valence-electron chi connectivity index (χ3n) is 12.2. The highest BCUT2D eigenvalue weighted by Gasteiger charge is 2.37. The average molecular weight is 1120 g/mol. The Balaban J connectivity index is 1.49. The van der Waals surface area contributed by atoms with Crippen LogP contribution in [-0.2, 0) is 51.1 Å². The van der Waals surface area contributed by atoms with Gasteiger partial charge < -0.3 is 59.6 Å². The molecule has 80 heavy (non-hydrogen) atoms. The minimum Gasteiger partial charge on any atom is -0.467 e. The van der Waals surface area contributed by atoms with Crippen LogP contribution in [0.4, 0.5) is 14.4 Å². The third-order valence-corrected chi connectivity index (χ3v) is 12.5. The second-order valence-electron chi connectivity index (χ2n) is 22.4. The van der Waals surface area contributed by atoms with Crippen LogP contribution in [0.2, 0.25) is 5.02 Å². The molecule has 0 radical (unpaired) electrons. The molecule has 4 atom stereocenters. The summed E-state index contributed by atoms with van der Waals surface area (Å²) in [6.07, 6.45) is -1.84. The SMILES string of the molecule is COC(=O)[C@@H]1Cc2ccc(OC(=O)OC(C)(C)C)c(c2)-c2cc(cc3cc(CNC(=O)OC(C)(C)C)oc23)[C@H](N(C)C(=O)[C@H](CCCCNC(=O)OC(C)(C)C)NC(=O)c2ccc(-c3ccc(Cl)cc3)cc2)C(=O)N[C@@H](C)C(=O)N1. The molecule has 0 aliphatic carbocycles. The number of amides is 6. The second-order valence-corrected chi connectivity index (χ2v) is 22.8. The molecule has 2 heterocycles. The monoisotopic (exact) mass is 1120 g/mol. The number of hydrogen-bond donors (Lipinski definition) is 5. The van der Waals surface area contributed by atoms with E-state index in [0.29, 0.717) is 28.8 Å². The Bertz CT molecular complexity index is 3100. The van der Waals surface area contributed by atoms with Crippen LogP contribution in [0.25, 0.3) is 33.2 Å². The number of hydrogen-bond acceptors (Lipinski definition) is 14. The van der Waals surface area contributed by atoms with Crippen LogP contribution in [0.3, 0.4) is 0 Å². The molecule has 428 valence electrons. The summed E-state index contributed by atoms with van der Waals surface area (Å²) in [6.45, 7) is 16.8. The number of esters is 1. The first-order chi connectivity index (χ1) is 37.5. The molecule has 6 amide bonds. The zero-order valence-corrected chi connectivity index (χ0v) is 47.9. The minimum absolute atomic E-state index is 0.0357. The largest absolute Gasteiger partial charge is 0.514 e. The van der Waals surface area contributed by atoms with Crippen molar-refractivity contribution in [1.82, 2.24) is 31.5 Å². The van der Waals surface area contributed by atoms with Gasteiger partial charge in [-0.2, -0.15) is 0 Å². The fourth-order valence-electron chi connectivity index (χ4n) is 8.60. The Hall–Kier alpha value is -8.13. The molecule has 1 aromatic heterocycles. The number of unbranched alkanes of at least 4 members (excludes halogenated alkanes) is 1. The van der Waals surface area contributed by atoms with Crippen LogP contribution in [-0.4, -0.2) is 108 Å². The number of furan rings is 1. The molecule has 0 saturated carbocycles. The molecule has 1 aliphatic rings. The lowest BCUT2D eigenvalue weighted by molar-refractivity contribution is -0.145. The first kappa shape index (κ1) is 61.1. The van der Waals surface area contributed by atoms with Crippen LogP contribution >= 0.6 is 11.6 Å². The Morgan fingerprint density at radius 2 is 1.35 bits per heavy atom. The lowest BCUT2D eigenvalue weighted by Gasteiger charge is -2.32. The number of halogens is 1. The fraction of sp³-hybridized carbons (Fsp3) is 0.424. The quantitative estimate of drug-likeness (QED) is 0.0300. The zero-order valence-electron chi connectivity index (χ0n) is 47.2. The van der Waals surface area contributed by atoms with E-state index in [0.717, 1.165) is 23.1 Å². The van der Waals surface area contributed by atoms with Crippen LogP contribution < -0.4 is 31.3 Å². The standard InChI is InChI=1S/C59H71ClN6O14/c1-33-49(67)65-45(53(71)75-12)28-34-16-25-46(77-56(74)80-59(8,9)10)42(27-34)43-31-38(29-39-30-41(76-48(39)43)32-62-55(73)79-58(5,6)7)47(51(69)63-33)66(11)52(70)44(15-13-14-26-61-54(72)78-57(2,3)4)64-50(68)37-19-17-35(18-20-37)36-21-23-40(60)24-22-36/h16-25,27,29-31,33,44-45,47H,13-15,26,28,32H2,1-12H3,(H,61,72)(H,62,73)(H,63,69)(H,64,68)(H,65,67)/t33-,44-,45-,47-/m0/s1. The highest BCUT2D eigenvalue weighted by atomic mass is 35.5. The van der Waals surface area contributed by atoms with E-state index < -0.39 is 88.9 Å². The number of rotatable bonds is 14. The summed E-state index contributed by atoms with van der Waals surface area (Å²) in [7, 11) is 2.54. The van der Waals surface area contributed by atoms with Gasteiger partial charge in [-0.1, -0.05) is 41.9 Å². The Morgan fingerprint density at radius 3 is 1.96 bits per heavy atom. The molecule has 0 unspecified atom stereocenters. The number of benzene rings is 4. The Kier molecular flexibility index (Phi) is 19.7. The number of alkyl carbamates (subject to hydrolysis) is 2. The van der Waals surface area contributed by atoms with Crippen LogP contribution in [0.5, 0.6) is 5.75 Å². The number of methoxy groups -OCH3 is 1. The number of carbonyl (C=O) groups excluding carboxylic acids is 8. The predicted molar refractivity (Wildman–Crippen MR) is 299 cm³/mol. The summed E-state index contributed by atoms with van der Waals surface area (Å²) in [5.41, 5.74) is 0.631. The maximum atomic E-state index is 15.3. The van der Waals surface area contributed by atoms with Crippen LogP contribution in [0.1, 0.15) is 122 Å². The highest BCUT2D eigenvalue weighted by molar-refractivity contribution is 6.30. The van der Waals surface area contributed by atoms with Crippen LogP contribution in [0.15, 0.2) is 89.3 Å². The summed E-state index contributed by atoms with van der Waals surface area (Å²) in [5.74, 6) is -3.53. The van der Waals surface area contributed by atoms with E-state index in [1.165, 1.54) is 20.0 Å². The average Bonchev–Trinajstić information content (AvgIpc) is 3.79. The number of fused-ring (bicyclic) bond motifs is 7. The van der Waals surface area contributed by atoms with Crippen molar-refractivity contribution in [2.24, 2.45) is 0 Å². The smallest absolute Gasteiger partial charge is 0.467 e. The van der Waals surface area contributed by atoms with E-state index >= 15 is 9.59 Å². The molecule has 5 aromatic rings. The lowest BCUT2D eigenvalue weighted by Crippen LogP contribution is -2.55. The van der Waals surface area contributed by atoms with Gasteiger partial charge in [0, 0.05) is 47.1 Å². The van der Waals surface area contributed by atoms with Gasteiger partial charge in [0.05, 0.1) is 13.7 Å². The molecular weight excluding hydrogens is 1050 g/mol. The van der Waals surface area contributed by atoms with Crippen LogP contribution in [0, 0.1) is 0 Å². The minimum atomic E-state index is -1.58. The van der Waals surface area contributed by atoms with Crippen molar-refractivity contribution in [3.63, 3.8) is 0 Å². The van der Waals surface area contributed by atoms with Gasteiger partial charge in [0.1, 0.15) is 58.1 Å². The predicted octanol–water partition coefficient (Wildman–Crippen LogP) is 9.47. The number of nitrogens with one attached hydrogen (secondary N) is 5. The molecule has 0 fully saturated rings. The molecule has 0 saturated heterocycles. The fourth-order valence-corrected chi connectivity index (χ4v) is 8.72.